The van der Waals surface area contributed by atoms with Crippen molar-refractivity contribution in [3.8, 4) is 33.5 Å². The highest BCUT2D eigenvalue weighted by molar-refractivity contribution is 9.11. The lowest BCUT2D eigenvalue weighted by atomic mass is 9.78. The Bertz CT molecular complexity index is 2120. The Morgan fingerprint density at radius 2 is 0.804 bits per heavy atom. The Hall–Kier alpha value is -3.40. The van der Waals surface area contributed by atoms with Crippen LogP contribution in [0.25, 0.3) is 33.5 Å². The summed E-state index contributed by atoms with van der Waals surface area (Å²) in [7, 11) is -0.303. The van der Waals surface area contributed by atoms with Gasteiger partial charge < -0.3 is 9.31 Å². The van der Waals surface area contributed by atoms with E-state index in [0.717, 1.165) is 30.3 Å². The van der Waals surface area contributed by atoms with E-state index in [2.05, 4.69) is 224 Å². The summed E-state index contributed by atoms with van der Waals surface area (Å²) in [5.41, 5.74) is 10.6. The summed E-state index contributed by atoms with van der Waals surface area (Å²) in [4.78, 5) is 8.39. The second-order valence-corrected chi connectivity index (χ2v) is 19.7. The van der Waals surface area contributed by atoms with Gasteiger partial charge in [0.1, 0.15) is 4.60 Å². The van der Waals surface area contributed by atoms with Crippen LogP contribution in [-0.2, 0) is 20.1 Å². The molecule has 0 atom stereocenters. The lowest BCUT2D eigenvalue weighted by molar-refractivity contribution is 0.00578. The van der Waals surface area contributed by atoms with Crippen molar-refractivity contribution in [3.05, 3.63) is 158 Å². The molecule has 0 radical (unpaired) electrons. The molecule has 1 saturated heterocycles. The first-order valence-corrected chi connectivity index (χ1v) is 21.3. The van der Waals surface area contributed by atoms with Gasteiger partial charge in [-0.05, 0) is 149 Å². The van der Waals surface area contributed by atoms with Gasteiger partial charge in [0.2, 0.25) is 0 Å². The second kappa shape index (κ2) is 18.0. The first kappa shape index (κ1) is 43.7. The molecule has 0 spiro atoms. The lowest BCUT2D eigenvalue weighted by Crippen LogP contribution is -2.41. The molecule has 1 aliphatic heterocycles. The number of aromatic nitrogens is 2. The smallest absolute Gasteiger partial charge is 0.399 e. The molecule has 0 N–H and O–H groups in total. The van der Waals surface area contributed by atoms with Crippen LogP contribution in [0.1, 0.15) is 80.4 Å². The van der Waals surface area contributed by atoms with Gasteiger partial charge in [0, 0.05) is 26.9 Å². The summed E-state index contributed by atoms with van der Waals surface area (Å²) in [5, 5.41) is 0. The number of pyridine rings is 2. The molecule has 0 saturated carbocycles. The minimum atomic E-state index is -0.306. The predicted octanol–water partition coefficient (Wildman–Crippen LogP) is 14.0. The van der Waals surface area contributed by atoms with E-state index < -0.39 is 0 Å². The summed E-state index contributed by atoms with van der Waals surface area (Å²) in [6.07, 6.45) is 3.57. The monoisotopic (exact) mass is 936 g/mol. The first-order chi connectivity index (χ1) is 26.2. The van der Waals surface area contributed by atoms with Crippen molar-refractivity contribution in [2.45, 2.75) is 91.3 Å². The number of nitrogens with zero attached hydrogens (tertiary/aromatic N) is 2. The summed E-state index contributed by atoms with van der Waals surface area (Å²) < 4.78 is 15.1. The molecule has 0 amide bonds. The summed E-state index contributed by atoms with van der Waals surface area (Å²) in [5.74, 6) is 0. The maximum Gasteiger partial charge on any atom is 0.494 e. The Kier molecular flexibility index (Phi) is 14.1. The van der Waals surface area contributed by atoms with Crippen LogP contribution in [0.5, 0.6) is 0 Å². The van der Waals surface area contributed by atoms with Gasteiger partial charge in [0.25, 0.3) is 0 Å². The van der Waals surface area contributed by atoms with Crippen LogP contribution < -0.4 is 5.46 Å². The Morgan fingerprint density at radius 1 is 0.446 bits per heavy atom. The predicted molar refractivity (Wildman–Crippen MR) is 247 cm³/mol. The quantitative estimate of drug-likeness (QED) is 0.130. The Balaban J connectivity index is 0.000000180. The van der Waals surface area contributed by atoms with Crippen LogP contribution in [0.3, 0.4) is 0 Å². The minimum absolute atomic E-state index is 0.180. The van der Waals surface area contributed by atoms with Crippen molar-refractivity contribution in [2.75, 3.05) is 0 Å². The molecule has 4 aromatic carbocycles. The molecular weight excluding hydrogens is 887 g/mol. The van der Waals surface area contributed by atoms with Gasteiger partial charge >= 0.3 is 7.12 Å². The van der Waals surface area contributed by atoms with E-state index in [-0.39, 0.29) is 29.2 Å². The fourth-order valence-corrected chi connectivity index (χ4v) is 6.58. The zero-order valence-electron chi connectivity index (χ0n) is 34.1. The number of hydrogen-bond acceptors (Lipinski definition) is 4. The van der Waals surface area contributed by atoms with Gasteiger partial charge in [-0.2, -0.15) is 0 Å². The van der Waals surface area contributed by atoms with E-state index >= 15 is 0 Å². The first-order valence-electron chi connectivity index (χ1n) is 18.9. The van der Waals surface area contributed by atoms with Crippen molar-refractivity contribution in [1.29, 1.82) is 0 Å². The van der Waals surface area contributed by atoms with E-state index in [1.807, 2.05) is 30.5 Å². The summed E-state index contributed by atoms with van der Waals surface area (Å²) in [6, 6.07) is 42.6. The molecule has 7 rings (SSSR count). The number of halogens is 3. The van der Waals surface area contributed by atoms with Gasteiger partial charge in [-0.1, -0.05) is 139 Å². The molecule has 8 heteroatoms. The average Bonchev–Trinajstić information content (AvgIpc) is 3.39. The van der Waals surface area contributed by atoms with Crippen molar-refractivity contribution in [2.24, 2.45) is 0 Å². The van der Waals surface area contributed by atoms with Crippen molar-refractivity contribution < 1.29 is 9.31 Å². The van der Waals surface area contributed by atoms with E-state index in [1.54, 1.807) is 6.20 Å². The third kappa shape index (κ3) is 11.6. The molecule has 1 aliphatic rings. The highest BCUT2D eigenvalue weighted by Gasteiger charge is 2.51. The lowest BCUT2D eigenvalue weighted by Gasteiger charge is -2.32. The molecule has 0 aliphatic carbocycles. The number of benzene rings is 4. The molecule has 1 fully saturated rings. The van der Waals surface area contributed by atoms with E-state index in [1.165, 1.54) is 33.4 Å². The van der Waals surface area contributed by atoms with Gasteiger partial charge in [-0.15, -0.1) is 0 Å². The number of hydrogen-bond donors (Lipinski definition) is 0. The van der Waals surface area contributed by atoms with Gasteiger partial charge in [0.15, 0.2) is 0 Å². The Morgan fingerprint density at radius 3 is 1.14 bits per heavy atom. The van der Waals surface area contributed by atoms with Crippen LogP contribution in [0.2, 0.25) is 0 Å². The maximum atomic E-state index is 6.13. The molecule has 56 heavy (non-hydrogen) atoms. The third-order valence-electron chi connectivity index (χ3n) is 10.2. The molecule has 0 unspecified atom stereocenters. The average molecular weight is 939 g/mol. The fraction of sp³-hybridized carbons (Fsp3) is 0.292. The van der Waals surface area contributed by atoms with Crippen LogP contribution in [-0.4, -0.2) is 28.3 Å². The van der Waals surface area contributed by atoms with Crippen molar-refractivity contribution in [3.63, 3.8) is 0 Å². The van der Waals surface area contributed by atoms with Crippen LogP contribution in [0, 0.1) is 0 Å². The third-order valence-corrected chi connectivity index (χ3v) is 11.6. The standard InChI is InChI=1S/C22H29BO2.C21H20BrN.C5H3Br2N/c1-20(2,3)18-12-8-16(9-13-18)17-10-14-19(15-11-17)23-24-21(4,5)22(6,7)25-23;1-21(2,3)18-10-8-16(9-11-18)15-4-6-17(7-5-15)20-13-12-19(22)14-23-20;6-4-1-2-5(7)8-3-4/h8-15H,1-7H3;4-14H,1-3H3;1-3H. The zero-order chi connectivity index (χ0) is 40.9. The van der Waals surface area contributed by atoms with E-state index in [4.69, 9.17) is 9.31 Å². The molecule has 3 heterocycles. The van der Waals surface area contributed by atoms with Crippen LogP contribution in [0.4, 0.5) is 0 Å². The largest absolute Gasteiger partial charge is 0.494 e. The fourth-order valence-electron chi connectivity index (χ4n) is 5.87. The normalized spacial score (nSPS) is 14.6. The van der Waals surface area contributed by atoms with Crippen LogP contribution in [0.15, 0.2) is 147 Å². The molecule has 0 bridgehead atoms. The summed E-state index contributed by atoms with van der Waals surface area (Å²) >= 11 is 9.89. The molecule has 6 aromatic rings. The topological polar surface area (TPSA) is 44.2 Å². The van der Waals surface area contributed by atoms with Crippen LogP contribution >= 0.6 is 47.8 Å². The van der Waals surface area contributed by atoms with Gasteiger partial charge in [0.05, 0.1) is 16.9 Å². The zero-order valence-corrected chi connectivity index (χ0v) is 38.9. The maximum absolute atomic E-state index is 6.13. The SMILES string of the molecule is Brc1ccc(Br)nc1.CC(C)(C)c1ccc(-c2ccc(-c3ccc(Br)cn3)cc2)cc1.CC(C)(C)c1ccc(-c2ccc(B3OC(C)(C)C(C)(C)O3)cc2)cc1. The second-order valence-electron chi connectivity index (χ2n) is 17.1. The van der Waals surface area contributed by atoms with Gasteiger partial charge in [-0.3, -0.25) is 4.98 Å². The molecular formula is C48H52BBr3N2O2. The molecule has 4 nitrogen and oxygen atoms in total. The van der Waals surface area contributed by atoms with E-state index in [9.17, 15) is 0 Å². The van der Waals surface area contributed by atoms with Crippen molar-refractivity contribution in [1.82, 2.24) is 9.97 Å². The minimum Gasteiger partial charge on any atom is -0.399 e. The molecule has 2 aromatic heterocycles. The molecule has 290 valence electrons. The highest BCUT2D eigenvalue weighted by Crippen LogP contribution is 2.37. The van der Waals surface area contributed by atoms with Crippen molar-refractivity contribution >= 4 is 60.4 Å². The Labute approximate surface area is 360 Å². The summed E-state index contributed by atoms with van der Waals surface area (Å²) in [6.45, 7) is 21.8. The van der Waals surface area contributed by atoms with Gasteiger partial charge in [-0.25, -0.2) is 4.98 Å². The number of rotatable bonds is 4. The van der Waals surface area contributed by atoms with E-state index in [0.29, 0.717) is 0 Å². The highest BCUT2D eigenvalue weighted by atomic mass is 79.9.